The third kappa shape index (κ3) is 3.69. The maximum atomic E-state index is 12.9. The lowest BCUT2D eigenvalue weighted by Crippen LogP contribution is -2.50. The predicted molar refractivity (Wildman–Crippen MR) is 71.5 cm³/mol. The predicted octanol–water partition coefficient (Wildman–Crippen LogP) is 2.07. The molecule has 7 heteroatoms. The number of piperidine rings is 1. The van der Waals surface area contributed by atoms with Crippen molar-refractivity contribution >= 4 is 5.97 Å². The number of nitrogens with two attached hydrogens (primary N) is 1. The molecule has 1 saturated carbocycles. The molecule has 0 bridgehead atoms. The van der Waals surface area contributed by atoms with Crippen molar-refractivity contribution in [2.24, 2.45) is 11.7 Å². The van der Waals surface area contributed by atoms with E-state index in [9.17, 15) is 18.0 Å². The van der Waals surface area contributed by atoms with Crippen molar-refractivity contribution in [2.75, 3.05) is 19.7 Å². The second-order valence-corrected chi connectivity index (χ2v) is 6.15. The molecule has 3 atom stereocenters. The molecule has 0 radical (unpaired) electrons. The van der Waals surface area contributed by atoms with E-state index in [4.69, 9.17) is 10.5 Å². The van der Waals surface area contributed by atoms with E-state index in [1.54, 1.807) is 6.92 Å². The second kappa shape index (κ2) is 6.12. The second-order valence-electron chi connectivity index (χ2n) is 6.15. The molecule has 1 aliphatic carbocycles. The Morgan fingerprint density at radius 1 is 1.43 bits per heavy atom. The van der Waals surface area contributed by atoms with Crippen molar-refractivity contribution < 1.29 is 22.7 Å². The van der Waals surface area contributed by atoms with Gasteiger partial charge in [-0.15, -0.1) is 0 Å². The van der Waals surface area contributed by atoms with Crippen molar-refractivity contribution in [3.63, 3.8) is 0 Å². The largest absolute Gasteiger partial charge is 0.465 e. The van der Waals surface area contributed by atoms with Crippen LogP contribution in [0, 0.1) is 5.92 Å². The van der Waals surface area contributed by atoms with Crippen molar-refractivity contribution in [1.29, 1.82) is 0 Å². The number of alkyl halides is 3. The standard InChI is InChI=1S/C14H23F3N2O2/c1-2-21-12(20)13(18)6-5-11(8-13)19-7-3-4-10(9-19)14(15,16)17/h10-11H,2-9,18H2,1H3. The first kappa shape index (κ1) is 16.5. The number of esters is 1. The Bertz CT molecular complexity index is 389. The fourth-order valence-electron chi connectivity index (χ4n) is 3.43. The summed E-state index contributed by atoms with van der Waals surface area (Å²) in [5, 5.41) is 0. The van der Waals surface area contributed by atoms with Crippen LogP contribution in [0.4, 0.5) is 13.2 Å². The van der Waals surface area contributed by atoms with Crippen LogP contribution >= 0.6 is 0 Å². The third-order valence-corrected chi connectivity index (χ3v) is 4.64. The average molecular weight is 308 g/mol. The molecule has 1 heterocycles. The minimum absolute atomic E-state index is 0.0209. The van der Waals surface area contributed by atoms with Gasteiger partial charge in [-0.2, -0.15) is 13.2 Å². The molecule has 2 rings (SSSR count). The van der Waals surface area contributed by atoms with Gasteiger partial charge in [0.15, 0.2) is 0 Å². The first-order valence-electron chi connectivity index (χ1n) is 7.53. The Kier molecular flexibility index (Phi) is 4.82. The van der Waals surface area contributed by atoms with Gasteiger partial charge in [0.1, 0.15) is 5.54 Å². The summed E-state index contributed by atoms with van der Waals surface area (Å²) in [5.41, 5.74) is 5.05. The summed E-state index contributed by atoms with van der Waals surface area (Å²) < 4.78 is 43.5. The van der Waals surface area contributed by atoms with Gasteiger partial charge in [-0.05, 0) is 45.6 Å². The van der Waals surface area contributed by atoms with Crippen molar-refractivity contribution in [2.45, 2.75) is 56.8 Å². The average Bonchev–Trinajstić information content (AvgIpc) is 2.82. The maximum Gasteiger partial charge on any atom is 0.393 e. The van der Waals surface area contributed by atoms with Crippen LogP contribution in [-0.2, 0) is 9.53 Å². The van der Waals surface area contributed by atoms with Gasteiger partial charge in [0.05, 0.1) is 12.5 Å². The van der Waals surface area contributed by atoms with Crippen LogP contribution in [0.5, 0.6) is 0 Å². The fraction of sp³-hybridized carbons (Fsp3) is 0.929. The molecule has 1 aliphatic heterocycles. The lowest BCUT2D eigenvalue weighted by molar-refractivity contribution is -0.188. The highest BCUT2D eigenvalue weighted by Gasteiger charge is 2.48. The van der Waals surface area contributed by atoms with Gasteiger partial charge in [0, 0.05) is 12.6 Å². The first-order chi connectivity index (χ1) is 9.76. The number of ether oxygens (including phenoxy) is 1. The van der Waals surface area contributed by atoms with E-state index in [1.165, 1.54) is 0 Å². The highest BCUT2D eigenvalue weighted by Crippen LogP contribution is 2.38. The smallest absolute Gasteiger partial charge is 0.393 e. The quantitative estimate of drug-likeness (QED) is 0.811. The Balaban J connectivity index is 1.96. The molecule has 0 amide bonds. The van der Waals surface area contributed by atoms with Gasteiger partial charge in [-0.1, -0.05) is 0 Å². The molecule has 21 heavy (non-hydrogen) atoms. The molecular weight excluding hydrogens is 285 g/mol. The lowest BCUT2D eigenvalue weighted by Gasteiger charge is -2.37. The van der Waals surface area contributed by atoms with Crippen molar-refractivity contribution in [3.8, 4) is 0 Å². The van der Waals surface area contributed by atoms with Gasteiger partial charge >= 0.3 is 12.1 Å². The van der Waals surface area contributed by atoms with E-state index in [0.717, 1.165) is 0 Å². The van der Waals surface area contributed by atoms with E-state index < -0.39 is 23.6 Å². The number of carbonyl (C=O) groups is 1. The van der Waals surface area contributed by atoms with Gasteiger partial charge in [-0.25, -0.2) is 0 Å². The van der Waals surface area contributed by atoms with E-state index in [0.29, 0.717) is 32.2 Å². The monoisotopic (exact) mass is 308 g/mol. The topological polar surface area (TPSA) is 55.6 Å². The zero-order chi connectivity index (χ0) is 15.7. The highest BCUT2D eigenvalue weighted by molar-refractivity contribution is 5.81. The number of rotatable bonds is 3. The lowest BCUT2D eigenvalue weighted by atomic mass is 9.94. The van der Waals surface area contributed by atoms with Crippen molar-refractivity contribution in [3.05, 3.63) is 0 Å². The van der Waals surface area contributed by atoms with E-state index in [1.807, 2.05) is 4.90 Å². The highest BCUT2D eigenvalue weighted by atomic mass is 19.4. The summed E-state index contributed by atoms with van der Waals surface area (Å²) in [6.07, 6.45) is -1.89. The summed E-state index contributed by atoms with van der Waals surface area (Å²) in [4.78, 5) is 13.7. The van der Waals surface area contributed by atoms with Gasteiger partial charge < -0.3 is 10.5 Å². The molecule has 4 nitrogen and oxygen atoms in total. The van der Waals surface area contributed by atoms with Gasteiger partial charge in [-0.3, -0.25) is 9.69 Å². The van der Waals surface area contributed by atoms with E-state index in [-0.39, 0.29) is 25.6 Å². The summed E-state index contributed by atoms with van der Waals surface area (Å²) in [6, 6.07) is -0.0513. The summed E-state index contributed by atoms with van der Waals surface area (Å²) in [6.45, 7) is 2.65. The molecule has 1 saturated heterocycles. The molecule has 122 valence electrons. The van der Waals surface area contributed by atoms with Crippen LogP contribution in [0.3, 0.4) is 0 Å². The van der Waals surface area contributed by atoms with Crippen LogP contribution in [-0.4, -0.2) is 48.3 Å². The number of nitrogens with zero attached hydrogens (tertiary/aromatic N) is 1. The summed E-state index contributed by atoms with van der Waals surface area (Å²) in [7, 11) is 0. The number of hydrogen-bond donors (Lipinski definition) is 1. The zero-order valence-electron chi connectivity index (χ0n) is 12.3. The number of halogens is 3. The molecule has 0 aromatic heterocycles. The Morgan fingerprint density at radius 3 is 2.76 bits per heavy atom. The molecule has 0 spiro atoms. The molecule has 2 fully saturated rings. The van der Waals surface area contributed by atoms with Gasteiger partial charge in [0.25, 0.3) is 0 Å². The molecule has 0 aromatic carbocycles. The van der Waals surface area contributed by atoms with Crippen LogP contribution < -0.4 is 5.73 Å². The summed E-state index contributed by atoms with van der Waals surface area (Å²) in [5.74, 6) is -1.70. The molecule has 3 unspecified atom stereocenters. The van der Waals surface area contributed by atoms with E-state index in [2.05, 4.69) is 0 Å². The minimum Gasteiger partial charge on any atom is -0.465 e. The molecular formula is C14H23F3N2O2. The SMILES string of the molecule is CCOC(=O)C1(N)CCC(N2CCCC(C(F)(F)F)C2)C1. The van der Waals surface area contributed by atoms with Crippen LogP contribution in [0.2, 0.25) is 0 Å². The molecule has 2 N–H and O–H groups in total. The van der Waals surface area contributed by atoms with Crippen LogP contribution in [0.25, 0.3) is 0 Å². The molecule has 2 aliphatic rings. The van der Waals surface area contributed by atoms with E-state index >= 15 is 0 Å². The number of likely N-dealkylation sites (tertiary alicyclic amines) is 1. The van der Waals surface area contributed by atoms with Crippen LogP contribution in [0.15, 0.2) is 0 Å². The van der Waals surface area contributed by atoms with Gasteiger partial charge in [0.2, 0.25) is 0 Å². The first-order valence-corrected chi connectivity index (χ1v) is 7.53. The Hall–Kier alpha value is -0.820. The Morgan fingerprint density at radius 2 is 2.14 bits per heavy atom. The number of hydrogen-bond acceptors (Lipinski definition) is 4. The summed E-state index contributed by atoms with van der Waals surface area (Å²) >= 11 is 0. The zero-order valence-corrected chi connectivity index (χ0v) is 12.3. The van der Waals surface area contributed by atoms with Crippen LogP contribution in [0.1, 0.15) is 39.0 Å². The number of carbonyl (C=O) groups excluding carboxylic acids is 1. The third-order valence-electron chi connectivity index (χ3n) is 4.64. The maximum absolute atomic E-state index is 12.9. The Labute approximate surface area is 122 Å². The molecule has 0 aromatic rings. The fourth-order valence-corrected chi connectivity index (χ4v) is 3.43. The van der Waals surface area contributed by atoms with Crippen molar-refractivity contribution in [1.82, 2.24) is 4.90 Å². The minimum atomic E-state index is -4.14. The normalized spacial score (nSPS) is 34.9.